The molecule has 1 heterocycles. The predicted octanol–water partition coefficient (Wildman–Crippen LogP) is 1.56. The molecular formula is C16H20N4O3. The fraction of sp³-hybridized carbons (Fsp3) is 0.375. The molecule has 1 amide bonds. The van der Waals surface area contributed by atoms with Gasteiger partial charge in [-0.2, -0.15) is 0 Å². The Bertz CT molecular complexity index is 667. The molecule has 0 radical (unpaired) electrons. The summed E-state index contributed by atoms with van der Waals surface area (Å²) in [4.78, 5) is 23.3. The first-order valence-corrected chi connectivity index (χ1v) is 7.43. The number of carbonyl (C=O) groups excluding carboxylic acids is 1. The first kappa shape index (κ1) is 16.7. The van der Waals surface area contributed by atoms with Crippen LogP contribution in [0.3, 0.4) is 0 Å². The summed E-state index contributed by atoms with van der Waals surface area (Å²) in [5.41, 5.74) is 1.14. The minimum atomic E-state index is -1.05. The van der Waals surface area contributed by atoms with E-state index in [1.165, 1.54) is 6.20 Å². The summed E-state index contributed by atoms with van der Waals surface area (Å²) in [6, 6.07) is 8.73. The summed E-state index contributed by atoms with van der Waals surface area (Å²) in [5.74, 6) is -1.42. The second kappa shape index (κ2) is 7.53. The Hall–Kier alpha value is -2.70. The fourth-order valence-electron chi connectivity index (χ4n) is 2.18. The topological polar surface area (TPSA) is 97.1 Å². The number of hydrogen-bond donors (Lipinski definition) is 2. The van der Waals surface area contributed by atoms with Crippen LogP contribution in [-0.4, -0.2) is 38.0 Å². The summed E-state index contributed by atoms with van der Waals surface area (Å²) in [7, 11) is 0. The second-order valence-corrected chi connectivity index (χ2v) is 5.78. The maximum atomic E-state index is 12.1. The van der Waals surface area contributed by atoms with E-state index >= 15 is 0 Å². The van der Waals surface area contributed by atoms with Crippen LogP contribution in [0.25, 0.3) is 0 Å². The summed E-state index contributed by atoms with van der Waals surface area (Å²) in [6.45, 7) is 4.30. The first-order chi connectivity index (χ1) is 11.0. The first-order valence-electron chi connectivity index (χ1n) is 7.43. The fourth-order valence-corrected chi connectivity index (χ4v) is 2.18. The number of nitrogens with one attached hydrogen (secondary N) is 1. The highest BCUT2D eigenvalue weighted by Crippen LogP contribution is 2.07. The van der Waals surface area contributed by atoms with Gasteiger partial charge < -0.3 is 10.4 Å². The molecule has 23 heavy (non-hydrogen) atoms. The van der Waals surface area contributed by atoms with Crippen LogP contribution in [0.5, 0.6) is 0 Å². The number of aliphatic carboxylic acids is 1. The lowest BCUT2D eigenvalue weighted by atomic mass is 10.0. The molecule has 2 rings (SSSR count). The van der Waals surface area contributed by atoms with Gasteiger partial charge in [0.05, 0.1) is 12.7 Å². The second-order valence-electron chi connectivity index (χ2n) is 5.78. The van der Waals surface area contributed by atoms with Gasteiger partial charge in [-0.3, -0.25) is 4.79 Å². The molecule has 0 bridgehead atoms. The lowest BCUT2D eigenvalue weighted by molar-refractivity contribution is -0.139. The Morgan fingerprint density at radius 1 is 1.26 bits per heavy atom. The lowest BCUT2D eigenvalue weighted by Gasteiger charge is -2.15. The third kappa shape index (κ3) is 4.91. The lowest BCUT2D eigenvalue weighted by Crippen LogP contribution is -2.41. The molecule has 0 aliphatic heterocycles. The van der Waals surface area contributed by atoms with E-state index in [0.29, 0.717) is 13.0 Å². The molecule has 7 nitrogen and oxygen atoms in total. The van der Waals surface area contributed by atoms with Crippen molar-refractivity contribution in [2.24, 2.45) is 5.92 Å². The van der Waals surface area contributed by atoms with Crippen LogP contribution in [0.15, 0.2) is 36.5 Å². The van der Waals surface area contributed by atoms with E-state index in [1.807, 2.05) is 44.2 Å². The van der Waals surface area contributed by atoms with E-state index in [0.717, 1.165) is 5.56 Å². The number of hydrogen-bond acceptors (Lipinski definition) is 4. The van der Waals surface area contributed by atoms with Gasteiger partial charge in [0.15, 0.2) is 5.69 Å². The van der Waals surface area contributed by atoms with E-state index in [1.54, 1.807) is 4.68 Å². The highest BCUT2D eigenvalue weighted by Gasteiger charge is 2.23. The molecule has 0 saturated carbocycles. The molecule has 2 aromatic rings. The number of rotatable bonds is 7. The molecular weight excluding hydrogens is 296 g/mol. The molecule has 0 aliphatic carbocycles. The molecule has 7 heteroatoms. The smallest absolute Gasteiger partial charge is 0.326 e. The quantitative estimate of drug-likeness (QED) is 0.808. The molecule has 2 N–H and O–H groups in total. The Labute approximate surface area is 134 Å². The molecule has 0 spiro atoms. The summed E-state index contributed by atoms with van der Waals surface area (Å²) < 4.78 is 1.54. The Balaban J connectivity index is 2.01. The van der Waals surface area contributed by atoms with E-state index < -0.39 is 17.9 Å². The van der Waals surface area contributed by atoms with Crippen molar-refractivity contribution < 1.29 is 14.7 Å². The molecule has 1 aromatic carbocycles. The van der Waals surface area contributed by atoms with Crippen molar-refractivity contribution >= 4 is 11.9 Å². The van der Waals surface area contributed by atoms with Gasteiger partial charge in [0, 0.05) is 0 Å². The van der Waals surface area contributed by atoms with Crippen molar-refractivity contribution in [1.82, 2.24) is 20.3 Å². The van der Waals surface area contributed by atoms with E-state index in [-0.39, 0.29) is 11.6 Å². The molecule has 0 saturated heterocycles. The van der Waals surface area contributed by atoms with Crippen LogP contribution in [0.4, 0.5) is 0 Å². The van der Waals surface area contributed by atoms with Crippen molar-refractivity contribution in [2.45, 2.75) is 32.9 Å². The molecule has 0 aliphatic rings. The third-order valence-corrected chi connectivity index (χ3v) is 3.27. The highest BCUT2D eigenvalue weighted by molar-refractivity contribution is 5.94. The maximum absolute atomic E-state index is 12.1. The van der Waals surface area contributed by atoms with E-state index in [9.17, 15) is 9.59 Å². The number of carboxylic acids is 1. The monoisotopic (exact) mass is 316 g/mol. The normalized spacial score (nSPS) is 12.1. The van der Waals surface area contributed by atoms with Gasteiger partial charge in [-0.05, 0) is 17.9 Å². The summed E-state index contributed by atoms with van der Waals surface area (Å²) in [5, 5.41) is 19.4. The Morgan fingerprint density at radius 3 is 2.57 bits per heavy atom. The van der Waals surface area contributed by atoms with Crippen molar-refractivity contribution in [2.75, 3.05) is 0 Å². The zero-order valence-electron chi connectivity index (χ0n) is 13.1. The molecule has 0 fully saturated rings. The van der Waals surface area contributed by atoms with Crippen LogP contribution in [0.2, 0.25) is 0 Å². The standard InChI is InChI=1S/C16H20N4O3/c1-11(2)8-13(16(22)23)17-15(21)14-10-20(19-18-14)9-12-6-4-3-5-7-12/h3-7,10-11,13H,8-9H2,1-2H3,(H,17,21)(H,22,23)/t13-/m1/s1. The van der Waals surface area contributed by atoms with Crippen LogP contribution in [-0.2, 0) is 11.3 Å². The molecule has 1 atom stereocenters. The molecule has 122 valence electrons. The van der Waals surface area contributed by atoms with Crippen LogP contribution >= 0.6 is 0 Å². The minimum Gasteiger partial charge on any atom is -0.480 e. The van der Waals surface area contributed by atoms with E-state index in [2.05, 4.69) is 15.6 Å². The number of carboxylic acid groups (broad SMARTS) is 1. The predicted molar refractivity (Wildman–Crippen MR) is 83.9 cm³/mol. The van der Waals surface area contributed by atoms with Gasteiger partial charge in [0.25, 0.3) is 5.91 Å². The molecule has 1 aromatic heterocycles. The summed E-state index contributed by atoms with van der Waals surface area (Å²) >= 11 is 0. The average molecular weight is 316 g/mol. The van der Waals surface area contributed by atoms with Gasteiger partial charge in [-0.15, -0.1) is 5.10 Å². The van der Waals surface area contributed by atoms with Gasteiger partial charge in [-0.25, -0.2) is 9.48 Å². The van der Waals surface area contributed by atoms with Crippen molar-refractivity contribution in [3.05, 3.63) is 47.8 Å². The van der Waals surface area contributed by atoms with Gasteiger partial charge in [0.2, 0.25) is 0 Å². The number of aromatic nitrogens is 3. The Kier molecular flexibility index (Phi) is 5.46. The zero-order valence-corrected chi connectivity index (χ0v) is 13.1. The highest BCUT2D eigenvalue weighted by atomic mass is 16.4. The van der Waals surface area contributed by atoms with Crippen molar-refractivity contribution in [1.29, 1.82) is 0 Å². The van der Waals surface area contributed by atoms with Crippen LogP contribution in [0, 0.1) is 5.92 Å². The zero-order chi connectivity index (χ0) is 16.8. The average Bonchev–Trinajstić information content (AvgIpc) is 2.95. The van der Waals surface area contributed by atoms with Crippen LogP contribution < -0.4 is 5.32 Å². The number of benzene rings is 1. The van der Waals surface area contributed by atoms with Gasteiger partial charge >= 0.3 is 5.97 Å². The minimum absolute atomic E-state index is 0.107. The largest absolute Gasteiger partial charge is 0.480 e. The summed E-state index contributed by atoms with van der Waals surface area (Å²) in [6.07, 6.45) is 1.87. The SMILES string of the molecule is CC(C)C[C@@H](NC(=O)c1cn(Cc2ccccc2)nn1)C(=O)O. The number of carbonyl (C=O) groups is 2. The third-order valence-electron chi connectivity index (χ3n) is 3.27. The van der Waals surface area contributed by atoms with Gasteiger partial charge in [0.1, 0.15) is 6.04 Å². The Morgan fingerprint density at radius 2 is 1.96 bits per heavy atom. The maximum Gasteiger partial charge on any atom is 0.326 e. The molecule has 0 unspecified atom stereocenters. The van der Waals surface area contributed by atoms with Gasteiger partial charge in [-0.1, -0.05) is 49.4 Å². The van der Waals surface area contributed by atoms with E-state index in [4.69, 9.17) is 5.11 Å². The number of nitrogens with zero attached hydrogens (tertiary/aromatic N) is 3. The number of amides is 1. The van der Waals surface area contributed by atoms with Crippen molar-refractivity contribution in [3.8, 4) is 0 Å². The van der Waals surface area contributed by atoms with Crippen LogP contribution in [0.1, 0.15) is 36.3 Å². The van der Waals surface area contributed by atoms with Crippen molar-refractivity contribution in [3.63, 3.8) is 0 Å².